The van der Waals surface area contributed by atoms with Gasteiger partial charge in [0, 0.05) is 25.0 Å². The van der Waals surface area contributed by atoms with E-state index < -0.39 is 0 Å². The molecule has 1 aromatic heterocycles. The van der Waals surface area contributed by atoms with Crippen LogP contribution in [0.4, 0.5) is 11.4 Å². The van der Waals surface area contributed by atoms with E-state index >= 15 is 0 Å². The van der Waals surface area contributed by atoms with Crippen molar-refractivity contribution in [2.75, 3.05) is 18.0 Å². The Morgan fingerprint density at radius 2 is 1.85 bits per heavy atom. The van der Waals surface area contributed by atoms with Gasteiger partial charge in [0.05, 0.1) is 11.9 Å². The smallest absolute Gasteiger partial charge is 0.0642 e. The van der Waals surface area contributed by atoms with E-state index in [0.717, 1.165) is 19.6 Å². The summed E-state index contributed by atoms with van der Waals surface area (Å²) in [4.78, 5) is 6.60. The average Bonchev–Trinajstić information content (AvgIpc) is 2.49. The van der Waals surface area contributed by atoms with Crippen LogP contribution in [-0.4, -0.2) is 18.1 Å². The second kappa shape index (κ2) is 7.06. The molecule has 0 spiro atoms. The van der Waals surface area contributed by atoms with Crippen molar-refractivity contribution in [2.45, 2.75) is 27.3 Å². The Labute approximate surface area is 121 Å². The van der Waals surface area contributed by atoms with E-state index in [2.05, 4.69) is 66.3 Å². The van der Waals surface area contributed by atoms with Gasteiger partial charge in [-0.1, -0.05) is 24.6 Å². The minimum Gasteiger partial charge on any atom is -0.340 e. The molecule has 3 heteroatoms. The SMILES string of the molecule is CCNCc1ccncc1N(CC)c1ccc(C)cc1. The summed E-state index contributed by atoms with van der Waals surface area (Å²) in [6.45, 7) is 9.17. The van der Waals surface area contributed by atoms with Crippen molar-refractivity contribution in [1.82, 2.24) is 10.3 Å². The first kappa shape index (κ1) is 14.5. The first-order valence-electron chi connectivity index (χ1n) is 7.24. The van der Waals surface area contributed by atoms with E-state index in [-0.39, 0.29) is 0 Å². The van der Waals surface area contributed by atoms with Crippen LogP contribution < -0.4 is 10.2 Å². The molecule has 2 rings (SSSR count). The molecule has 1 aromatic carbocycles. The van der Waals surface area contributed by atoms with E-state index in [1.165, 1.54) is 22.5 Å². The number of hydrogen-bond acceptors (Lipinski definition) is 3. The van der Waals surface area contributed by atoms with Crippen LogP contribution in [-0.2, 0) is 6.54 Å². The number of benzene rings is 1. The van der Waals surface area contributed by atoms with Crippen LogP contribution in [0.5, 0.6) is 0 Å². The quantitative estimate of drug-likeness (QED) is 0.867. The molecule has 0 aliphatic rings. The van der Waals surface area contributed by atoms with Crippen molar-refractivity contribution in [1.29, 1.82) is 0 Å². The van der Waals surface area contributed by atoms with Gasteiger partial charge < -0.3 is 10.2 Å². The lowest BCUT2D eigenvalue weighted by molar-refractivity contribution is 0.724. The van der Waals surface area contributed by atoms with Gasteiger partial charge in [0.2, 0.25) is 0 Å². The van der Waals surface area contributed by atoms with Crippen LogP contribution in [0.2, 0.25) is 0 Å². The zero-order chi connectivity index (χ0) is 14.4. The maximum atomic E-state index is 4.30. The number of aromatic nitrogens is 1. The van der Waals surface area contributed by atoms with Gasteiger partial charge in [-0.2, -0.15) is 0 Å². The molecule has 0 unspecified atom stereocenters. The van der Waals surface area contributed by atoms with Gasteiger partial charge in [0.25, 0.3) is 0 Å². The van der Waals surface area contributed by atoms with E-state index in [0.29, 0.717) is 0 Å². The summed E-state index contributed by atoms with van der Waals surface area (Å²) in [7, 11) is 0. The number of nitrogens with zero attached hydrogens (tertiary/aromatic N) is 2. The zero-order valence-corrected chi connectivity index (χ0v) is 12.6. The Bertz CT molecular complexity index is 534. The Morgan fingerprint density at radius 1 is 1.10 bits per heavy atom. The summed E-state index contributed by atoms with van der Waals surface area (Å²) in [6.07, 6.45) is 3.81. The third-order valence-electron chi connectivity index (χ3n) is 3.41. The van der Waals surface area contributed by atoms with Crippen LogP contribution in [0, 0.1) is 6.92 Å². The van der Waals surface area contributed by atoms with Crippen molar-refractivity contribution < 1.29 is 0 Å². The molecule has 1 N–H and O–H groups in total. The van der Waals surface area contributed by atoms with Crippen molar-refractivity contribution >= 4 is 11.4 Å². The highest BCUT2D eigenvalue weighted by atomic mass is 15.1. The number of hydrogen-bond donors (Lipinski definition) is 1. The number of anilines is 2. The fourth-order valence-corrected chi connectivity index (χ4v) is 2.28. The maximum absolute atomic E-state index is 4.30. The number of pyridine rings is 1. The Kier molecular flexibility index (Phi) is 5.13. The third kappa shape index (κ3) is 3.36. The van der Waals surface area contributed by atoms with Gasteiger partial charge >= 0.3 is 0 Å². The van der Waals surface area contributed by atoms with Crippen LogP contribution in [0.3, 0.4) is 0 Å². The first-order valence-corrected chi connectivity index (χ1v) is 7.24. The lowest BCUT2D eigenvalue weighted by Gasteiger charge is -2.25. The molecule has 3 nitrogen and oxygen atoms in total. The van der Waals surface area contributed by atoms with Crippen molar-refractivity contribution in [3.05, 3.63) is 53.9 Å². The van der Waals surface area contributed by atoms with Crippen LogP contribution in [0.1, 0.15) is 25.0 Å². The molecule has 0 atom stereocenters. The van der Waals surface area contributed by atoms with E-state index in [9.17, 15) is 0 Å². The van der Waals surface area contributed by atoms with E-state index in [1.54, 1.807) is 0 Å². The van der Waals surface area contributed by atoms with Gasteiger partial charge in [0.1, 0.15) is 0 Å². The second-order valence-electron chi connectivity index (χ2n) is 4.86. The second-order valence-corrected chi connectivity index (χ2v) is 4.86. The van der Waals surface area contributed by atoms with Gasteiger partial charge in [-0.15, -0.1) is 0 Å². The molecule has 106 valence electrons. The average molecular weight is 269 g/mol. The van der Waals surface area contributed by atoms with Gasteiger partial charge in [-0.05, 0) is 44.2 Å². The van der Waals surface area contributed by atoms with Crippen LogP contribution in [0.15, 0.2) is 42.7 Å². The third-order valence-corrected chi connectivity index (χ3v) is 3.41. The molecule has 0 bridgehead atoms. The fourth-order valence-electron chi connectivity index (χ4n) is 2.28. The molecule has 2 aromatic rings. The highest BCUT2D eigenvalue weighted by Gasteiger charge is 2.11. The molecule has 1 heterocycles. The van der Waals surface area contributed by atoms with Gasteiger partial charge in [-0.25, -0.2) is 0 Å². The normalized spacial score (nSPS) is 10.6. The summed E-state index contributed by atoms with van der Waals surface area (Å²) in [5, 5.41) is 3.39. The molecule has 20 heavy (non-hydrogen) atoms. The lowest BCUT2D eigenvalue weighted by Crippen LogP contribution is -2.20. The number of rotatable bonds is 6. The topological polar surface area (TPSA) is 28.2 Å². The summed E-state index contributed by atoms with van der Waals surface area (Å²) >= 11 is 0. The molecule has 0 saturated carbocycles. The minimum atomic E-state index is 0.872. The number of aryl methyl sites for hydroxylation is 1. The highest BCUT2D eigenvalue weighted by molar-refractivity contribution is 5.65. The van der Waals surface area contributed by atoms with Crippen molar-refractivity contribution in [3.8, 4) is 0 Å². The molecule has 0 radical (unpaired) electrons. The maximum Gasteiger partial charge on any atom is 0.0642 e. The van der Waals surface area contributed by atoms with E-state index in [4.69, 9.17) is 0 Å². The zero-order valence-electron chi connectivity index (χ0n) is 12.6. The molecule has 0 fully saturated rings. The predicted octanol–water partition coefficient (Wildman–Crippen LogP) is 3.66. The highest BCUT2D eigenvalue weighted by Crippen LogP contribution is 2.27. The Balaban J connectivity index is 2.33. The molecular weight excluding hydrogens is 246 g/mol. The molecule has 0 amide bonds. The monoisotopic (exact) mass is 269 g/mol. The van der Waals surface area contributed by atoms with Gasteiger partial charge in [0.15, 0.2) is 0 Å². The van der Waals surface area contributed by atoms with Gasteiger partial charge in [-0.3, -0.25) is 4.98 Å². The van der Waals surface area contributed by atoms with E-state index in [1.807, 2.05) is 12.4 Å². The Morgan fingerprint density at radius 3 is 2.50 bits per heavy atom. The fraction of sp³-hybridized carbons (Fsp3) is 0.353. The molecular formula is C17H23N3. The molecule has 0 aliphatic heterocycles. The van der Waals surface area contributed by atoms with Crippen molar-refractivity contribution in [3.63, 3.8) is 0 Å². The minimum absolute atomic E-state index is 0.872. The lowest BCUT2D eigenvalue weighted by atomic mass is 10.1. The summed E-state index contributed by atoms with van der Waals surface area (Å²) < 4.78 is 0. The summed E-state index contributed by atoms with van der Waals surface area (Å²) in [6, 6.07) is 10.7. The van der Waals surface area contributed by atoms with Crippen LogP contribution >= 0.6 is 0 Å². The predicted molar refractivity (Wildman–Crippen MR) is 85.5 cm³/mol. The summed E-state index contributed by atoms with van der Waals surface area (Å²) in [5.74, 6) is 0. The van der Waals surface area contributed by atoms with Crippen LogP contribution in [0.25, 0.3) is 0 Å². The molecule has 0 aliphatic carbocycles. The first-order chi connectivity index (χ1) is 9.76. The Hall–Kier alpha value is -1.87. The van der Waals surface area contributed by atoms with Crippen molar-refractivity contribution in [2.24, 2.45) is 0 Å². The summed E-state index contributed by atoms with van der Waals surface area (Å²) in [5.41, 5.74) is 4.96. The largest absolute Gasteiger partial charge is 0.340 e. The standard InChI is InChI=1S/C17H23N3/c1-4-18-12-15-10-11-19-13-17(15)20(5-2)16-8-6-14(3)7-9-16/h6-11,13,18H,4-5,12H2,1-3H3. The number of nitrogens with one attached hydrogen (secondary N) is 1. The molecule has 0 saturated heterocycles.